The van der Waals surface area contributed by atoms with Crippen LogP contribution in [-0.4, -0.2) is 51.0 Å². The van der Waals surface area contributed by atoms with E-state index < -0.39 is 28.2 Å². The Labute approximate surface area is 189 Å². The summed E-state index contributed by atoms with van der Waals surface area (Å²) in [5, 5.41) is 10.8. The molecule has 0 aliphatic carbocycles. The van der Waals surface area contributed by atoms with Gasteiger partial charge in [0, 0.05) is 30.7 Å². The highest BCUT2D eigenvalue weighted by Gasteiger charge is 2.33. The van der Waals surface area contributed by atoms with E-state index in [9.17, 15) is 23.1 Å². The van der Waals surface area contributed by atoms with Crippen LogP contribution in [0.3, 0.4) is 0 Å². The number of carboxylic acids is 1. The molecule has 0 unspecified atom stereocenters. The van der Waals surface area contributed by atoms with E-state index >= 15 is 0 Å². The van der Waals surface area contributed by atoms with Crippen LogP contribution in [-0.2, 0) is 21.4 Å². The summed E-state index contributed by atoms with van der Waals surface area (Å²) in [5.74, 6) is -1.11. The van der Waals surface area contributed by atoms with Crippen molar-refractivity contribution in [3.8, 4) is 0 Å². The quantitative estimate of drug-likeness (QED) is 0.483. The zero-order valence-corrected chi connectivity index (χ0v) is 18.5. The highest BCUT2D eigenvalue weighted by Crippen LogP contribution is 2.31. The van der Waals surface area contributed by atoms with Gasteiger partial charge in [-0.2, -0.15) is 4.31 Å². The van der Waals surface area contributed by atoms with Crippen molar-refractivity contribution >= 4 is 37.9 Å². The molecule has 1 aliphatic rings. The molecular weight excluding hydrogens is 444 g/mol. The van der Waals surface area contributed by atoms with Crippen LogP contribution in [0.1, 0.15) is 18.9 Å². The number of sulfonamides is 1. The molecule has 0 amide bonds. The first kappa shape index (κ1) is 21.4. The van der Waals surface area contributed by atoms with E-state index in [2.05, 4.69) is 4.98 Å². The van der Waals surface area contributed by atoms with Gasteiger partial charge in [0.25, 0.3) is 0 Å². The Kier molecular flexibility index (Phi) is 5.26. The summed E-state index contributed by atoms with van der Waals surface area (Å²) in [6, 6.07) is 15.7. The van der Waals surface area contributed by atoms with Crippen LogP contribution < -0.4 is 5.69 Å². The van der Waals surface area contributed by atoms with Crippen LogP contribution in [0.5, 0.6) is 0 Å². The van der Waals surface area contributed by atoms with Gasteiger partial charge in [-0.05, 0) is 36.4 Å². The van der Waals surface area contributed by atoms with Crippen LogP contribution >= 0.6 is 0 Å². The third-order valence-corrected chi connectivity index (χ3v) is 8.13. The normalized spacial score (nSPS) is 15.9. The minimum atomic E-state index is -3.71. The number of rotatable bonds is 5. The van der Waals surface area contributed by atoms with Crippen molar-refractivity contribution in [1.82, 2.24) is 18.4 Å². The van der Waals surface area contributed by atoms with Crippen molar-refractivity contribution in [2.45, 2.75) is 30.3 Å². The van der Waals surface area contributed by atoms with Gasteiger partial charge < -0.3 is 5.11 Å². The minimum absolute atomic E-state index is 0.251. The predicted octanol–water partition coefficient (Wildman–Crippen LogP) is 2.46. The summed E-state index contributed by atoms with van der Waals surface area (Å²) < 4.78 is 31.0. The topological polar surface area (TPSA) is 114 Å². The van der Waals surface area contributed by atoms with Gasteiger partial charge in [-0.15, -0.1) is 0 Å². The second-order valence-electron chi connectivity index (χ2n) is 8.09. The first-order valence-electron chi connectivity index (χ1n) is 10.6. The van der Waals surface area contributed by atoms with Gasteiger partial charge in [-0.1, -0.05) is 36.4 Å². The van der Waals surface area contributed by atoms with Gasteiger partial charge in [0.2, 0.25) is 10.0 Å². The Balaban J connectivity index is 1.45. The number of piperidine rings is 1. The molecule has 10 heteroatoms. The Bertz CT molecular complexity index is 1530. The number of benzene rings is 2. The molecule has 2 aromatic heterocycles. The number of carbonyl (C=O) groups is 1. The Hall–Kier alpha value is -3.50. The zero-order valence-electron chi connectivity index (χ0n) is 17.7. The lowest BCUT2D eigenvalue weighted by molar-refractivity contribution is -0.137. The lowest BCUT2D eigenvalue weighted by atomic mass is 10.1. The minimum Gasteiger partial charge on any atom is -0.480 e. The molecule has 0 atom stereocenters. The molecule has 33 heavy (non-hydrogen) atoms. The molecule has 170 valence electrons. The summed E-state index contributed by atoms with van der Waals surface area (Å²) in [6.07, 6.45) is 2.41. The Morgan fingerprint density at radius 3 is 2.52 bits per heavy atom. The second-order valence-corrected chi connectivity index (χ2v) is 10.00. The number of nitrogens with zero attached hydrogens (tertiary/aromatic N) is 4. The summed E-state index contributed by atoms with van der Waals surface area (Å²) in [6.45, 7) is 0.0462. The van der Waals surface area contributed by atoms with Gasteiger partial charge in [0.1, 0.15) is 6.54 Å². The summed E-state index contributed by atoms with van der Waals surface area (Å²) in [7, 11) is -3.71. The van der Waals surface area contributed by atoms with E-state index in [0.29, 0.717) is 29.4 Å². The highest BCUT2D eigenvalue weighted by atomic mass is 32.2. The molecule has 1 fully saturated rings. The number of hydrogen-bond donors (Lipinski definition) is 1. The maximum Gasteiger partial charge on any atom is 0.331 e. The van der Waals surface area contributed by atoms with Crippen molar-refractivity contribution in [1.29, 1.82) is 0 Å². The number of aliphatic carboxylic acids is 1. The lowest BCUT2D eigenvalue weighted by Crippen LogP contribution is -2.41. The number of pyridine rings is 1. The van der Waals surface area contributed by atoms with Crippen molar-refractivity contribution in [2.75, 3.05) is 13.1 Å². The molecule has 0 radical (unpaired) electrons. The molecule has 0 bridgehead atoms. The molecule has 0 spiro atoms. The summed E-state index contributed by atoms with van der Waals surface area (Å²) in [5.41, 5.74) is 0.427. The molecule has 9 nitrogen and oxygen atoms in total. The SMILES string of the molecule is O=C(O)Cn1c(=O)n(C2CCN(S(=O)(=O)c3cccc4ccccc34)CC2)c2ncccc21. The van der Waals surface area contributed by atoms with Gasteiger partial charge in [-0.3, -0.25) is 13.9 Å². The van der Waals surface area contributed by atoms with Gasteiger partial charge in [0.05, 0.1) is 10.4 Å². The number of carboxylic acid groups (broad SMARTS) is 1. The molecular formula is C23H22N4O5S. The zero-order chi connectivity index (χ0) is 23.2. The van der Waals surface area contributed by atoms with Gasteiger partial charge in [0.15, 0.2) is 5.65 Å². The third kappa shape index (κ3) is 3.61. The van der Waals surface area contributed by atoms with E-state index in [0.717, 1.165) is 5.39 Å². The first-order valence-corrected chi connectivity index (χ1v) is 12.1. The summed E-state index contributed by atoms with van der Waals surface area (Å²) >= 11 is 0. The smallest absolute Gasteiger partial charge is 0.331 e. The van der Waals surface area contributed by atoms with Crippen LogP contribution in [0.15, 0.2) is 70.5 Å². The largest absolute Gasteiger partial charge is 0.480 e. The number of hydrogen-bond acceptors (Lipinski definition) is 5. The molecule has 3 heterocycles. The molecule has 1 N–H and O–H groups in total. The van der Waals surface area contributed by atoms with Crippen molar-refractivity contribution in [3.63, 3.8) is 0 Å². The molecule has 5 rings (SSSR count). The fraction of sp³-hybridized carbons (Fsp3) is 0.261. The van der Waals surface area contributed by atoms with Gasteiger partial charge >= 0.3 is 11.7 Å². The first-order chi connectivity index (χ1) is 15.9. The third-order valence-electron chi connectivity index (χ3n) is 6.17. The van der Waals surface area contributed by atoms with E-state index in [1.54, 1.807) is 36.5 Å². The highest BCUT2D eigenvalue weighted by molar-refractivity contribution is 7.89. The average Bonchev–Trinajstić information content (AvgIpc) is 3.09. The maximum absolute atomic E-state index is 13.4. The predicted molar refractivity (Wildman–Crippen MR) is 123 cm³/mol. The molecule has 2 aromatic carbocycles. The monoisotopic (exact) mass is 466 g/mol. The van der Waals surface area contributed by atoms with Crippen molar-refractivity contribution in [2.24, 2.45) is 0 Å². The van der Waals surface area contributed by atoms with Crippen LogP contribution in [0.25, 0.3) is 21.9 Å². The van der Waals surface area contributed by atoms with E-state index in [4.69, 9.17) is 0 Å². The van der Waals surface area contributed by atoms with Crippen LogP contribution in [0, 0.1) is 0 Å². The number of fused-ring (bicyclic) bond motifs is 2. The Morgan fingerprint density at radius 2 is 1.76 bits per heavy atom. The molecule has 1 aliphatic heterocycles. The summed E-state index contributed by atoms with van der Waals surface area (Å²) in [4.78, 5) is 28.9. The molecule has 1 saturated heterocycles. The molecule has 4 aromatic rings. The van der Waals surface area contributed by atoms with E-state index in [1.165, 1.54) is 13.4 Å². The van der Waals surface area contributed by atoms with Crippen molar-refractivity contribution < 1.29 is 18.3 Å². The fourth-order valence-electron chi connectivity index (χ4n) is 4.63. The maximum atomic E-state index is 13.4. The standard InChI is InChI=1S/C23H22N4O5S/c28-21(29)15-26-19-8-4-12-24-22(19)27(23(26)30)17-10-13-25(14-11-17)33(31,32)20-9-3-6-16-5-1-2-7-18(16)20/h1-9,12,17H,10-11,13-15H2,(H,28,29). The molecule has 0 saturated carbocycles. The average molecular weight is 467 g/mol. The van der Waals surface area contributed by atoms with E-state index in [-0.39, 0.29) is 24.0 Å². The van der Waals surface area contributed by atoms with Gasteiger partial charge in [-0.25, -0.2) is 18.2 Å². The van der Waals surface area contributed by atoms with Crippen molar-refractivity contribution in [3.05, 3.63) is 71.3 Å². The second kappa shape index (κ2) is 8.13. The van der Waals surface area contributed by atoms with E-state index in [1.807, 2.05) is 24.3 Å². The fourth-order valence-corrected chi connectivity index (χ4v) is 6.31. The Morgan fingerprint density at radius 1 is 1.03 bits per heavy atom. The van der Waals surface area contributed by atoms with Crippen LogP contribution in [0.4, 0.5) is 0 Å². The number of aromatic nitrogens is 3. The lowest BCUT2D eigenvalue weighted by Gasteiger charge is -2.31. The van der Waals surface area contributed by atoms with Crippen LogP contribution in [0.2, 0.25) is 0 Å². The number of imidazole rings is 1.